The van der Waals surface area contributed by atoms with Gasteiger partial charge in [0.1, 0.15) is 6.34 Å². The van der Waals surface area contributed by atoms with Gasteiger partial charge in [0.25, 0.3) is 0 Å². The average Bonchev–Trinajstić information content (AvgIpc) is 2.27. The number of nitrogens with zero attached hydrogens (tertiary/aromatic N) is 2. The van der Waals surface area contributed by atoms with Crippen molar-refractivity contribution < 1.29 is 5.11 Å². The molecule has 5 heteroatoms. The van der Waals surface area contributed by atoms with Crippen LogP contribution in [0.3, 0.4) is 0 Å². The first kappa shape index (κ1) is 15.7. The Morgan fingerprint density at radius 2 is 2.18 bits per heavy atom. The lowest BCUT2D eigenvalue weighted by molar-refractivity contribution is 0.0442. The topological polar surface area (TPSA) is 59.9 Å². The molecule has 0 aromatic rings. The molecule has 5 nitrogen and oxygen atoms in total. The highest BCUT2D eigenvalue weighted by atomic mass is 16.3. The zero-order chi connectivity index (χ0) is 13.1. The van der Waals surface area contributed by atoms with Crippen LogP contribution in [0.1, 0.15) is 27.2 Å². The van der Waals surface area contributed by atoms with Crippen LogP contribution in [0.5, 0.6) is 0 Å². The molecule has 98 valence electrons. The van der Waals surface area contributed by atoms with E-state index < -0.39 is 6.35 Å². The van der Waals surface area contributed by atoms with Gasteiger partial charge in [-0.2, -0.15) is 5.10 Å². The van der Waals surface area contributed by atoms with Gasteiger partial charge in [-0.25, -0.2) is 0 Å². The number of hydrazone groups is 1. The van der Waals surface area contributed by atoms with Crippen LogP contribution in [-0.4, -0.2) is 35.3 Å². The summed E-state index contributed by atoms with van der Waals surface area (Å²) in [6, 6.07) is 0.182. The average molecular weight is 240 g/mol. The first-order valence-corrected chi connectivity index (χ1v) is 5.88. The van der Waals surface area contributed by atoms with Crippen molar-refractivity contribution in [3.05, 3.63) is 24.9 Å². The Labute approximate surface area is 104 Å². The molecule has 0 saturated carbocycles. The van der Waals surface area contributed by atoms with E-state index in [1.54, 1.807) is 23.3 Å². The minimum absolute atomic E-state index is 0.182. The number of aliphatic hydroxyl groups excluding tert-OH is 1. The zero-order valence-electron chi connectivity index (χ0n) is 10.9. The number of hydrogen-bond acceptors (Lipinski definition) is 4. The summed E-state index contributed by atoms with van der Waals surface area (Å²) in [5.41, 5.74) is 2.88. The van der Waals surface area contributed by atoms with Crippen molar-refractivity contribution in [2.45, 2.75) is 39.6 Å². The van der Waals surface area contributed by atoms with Gasteiger partial charge in [-0.05, 0) is 26.3 Å². The van der Waals surface area contributed by atoms with E-state index >= 15 is 0 Å². The van der Waals surface area contributed by atoms with Gasteiger partial charge in [-0.1, -0.05) is 19.6 Å². The second-order valence-electron chi connectivity index (χ2n) is 3.87. The van der Waals surface area contributed by atoms with Crippen LogP contribution in [0, 0.1) is 0 Å². The molecule has 0 spiro atoms. The fraction of sp³-hybridized carbons (Fsp3) is 0.583. The molecule has 0 fully saturated rings. The highest BCUT2D eigenvalue weighted by Gasteiger charge is 2.09. The summed E-state index contributed by atoms with van der Waals surface area (Å²) in [7, 11) is 0. The van der Waals surface area contributed by atoms with Gasteiger partial charge < -0.3 is 10.5 Å². The predicted octanol–water partition coefficient (Wildman–Crippen LogP) is 1.20. The molecule has 1 atom stereocenters. The maximum absolute atomic E-state index is 9.87. The monoisotopic (exact) mass is 240 g/mol. The molecule has 0 aliphatic heterocycles. The van der Waals surface area contributed by atoms with Crippen molar-refractivity contribution in [3.63, 3.8) is 0 Å². The van der Waals surface area contributed by atoms with E-state index in [1.807, 2.05) is 13.8 Å². The maximum atomic E-state index is 9.87. The van der Waals surface area contributed by atoms with Crippen LogP contribution in [0.25, 0.3) is 0 Å². The molecule has 0 aromatic heterocycles. The SMILES string of the molecule is C=C/C=C/N(/C=N\NCCC)C(O)NC(C)C. The van der Waals surface area contributed by atoms with Gasteiger partial charge in [-0.15, -0.1) is 0 Å². The molecule has 0 radical (unpaired) electrons. The van der Waals surface area contributed by atoms with Crippen LogP contribution in [-0.2, 0) is 0 Å². The molecule has 0 bridgehead atoms. The van der Waals surface area contributed by atoms with E-state index in [1.165, 1.54) is 6.34 Å². The van der Waals surface area contributed by atoms with Gasteiger partial charge in [0, 0.05) is 18.8 Å². The lowest BCUT2D eigenvalue weighted by atomic mass is 10.4. The van der Waals surface area contributed by atoms with Crippen molar-refractivity contribution in [3.8, 4) is 0 Å². The molecule has 0 rings (SSSR count). The molecule has 0 heterocycles. The second-order valence-corrected chi connectivity index (χ2v) is 3.87. The summed E-state index contributed by atoms with van der Waals surface area (Å²) in [4.78, 5) is 1.56. The standard InChI is InChI=1S/C12H24N4O/c1-5-7-9-16(10-14-13-8-6-2)12(17)15-11(3)4/h5,7,9-13,15,17H,1,6,8H2,2-4H3/b9-7+,14-10-. The van der Waals surface area contributed by atoms with Crippen LogP contribution >= 0.6 is 0 Å². The van der Waals surface area contributed by atoms with Crippen LogP contribution in [0.2, 0.25) is 0 Å². The first-order chi connectivity index (χ1) is 8.11. The zero-order valence-corrected chi connectivity index (χ0v) is 10.9. The van der Waals surface area contributed by atoms with Crippen molar-refractivity contribution in [1.82, 2.24) is 15.6 Å². The van der Waals surface area contributed by atoms with Gasteiger partial charge in [0.2, 0.25) is 0 Å². The van der Waals surface area contributed by atoms with Crippen LogP contribution in [0.15, 0.2) is 30.0 Å². The summed E-state index contributed by atoms with van der Waals surface area (Å²) in [6.45, 7) is 10.4. The summed E-state index contributed by atoms with van der Waals surface area (Å²) in [5.74, 6) is 0. The Hall–Kier alpha value is -1.33. The van der Waals surface area contributed by atoms with Crippen LogP contribution in [0.4, 0.5) is 0 Å². The van der Waals surface area contributed by atoms with E-state index in [0.29, 0.717) is 0 Å². The Bertz CT molecular complexity index is 251. The van der Waals surface area contributed by atoms with Gasteiger partial charge >= 0.3 is 0 Å². The Kier molecular flexibility index (Phi) is 9.09. The second kappa shape index (κ2) is 9.86. The normalized spacial score (nSPS) is 13.5. The minimum Gasteiger partial charge on any atom is -0.361 e. The number of hydrogen-bond donors (Lipinski definition) is 3. The van der Waals surface area contributed by atoms with E-state index in [-0.39, 0.29) is 6.04 Å². The third-order valence-electron chi connectivity index (χ3n) is 1.80. The summed E-state index contributed by atoms with van der Waals surface area (Å²) in [6.07, 6.45) is 6.81. The summed E-state index contributed by atoms with van der Waals surface area (Å²) >= 11 is 0. The quantitative estimate of drug-likeness (QED) is 0.142. The molecular formula is C12H24N4O. The summed E-state index contributed by atoms with van der Waals surface area (Å²) in [5, 5.41) is 16.9. The Morgan fingerprint density at radius 3 is 2.71 bits per heavy atom. The molecule has 0 aromatic carbocycles. The summed E-state index contributed by atoms with van der Waals surface area (Å²) < 4.78 is 0. The van der Waals surface area contributed by atoms with Gasteiger partial charge in [-0.3, -0.25) is 10.2 Å². The number of rotatable bonds is 9. The molecule has 1 unspecified atom stereocenters. The van der Waals surface area contributed by atoms with Crippen molar-refractivity contribution >= 4 is 6.34 Å². The predicted molar refractivity (Wildman–Crippen MR) is 72.2 cm³/mol. The highest BCUT2D eigenvalue weighted by molar-refractivity contribution is 5.56. The number of nitrogens with one attached hydrogen (secondary N) is 2. The first-order valence-electron chi connectivity index (χ1n) is 5.88. The van der Waals surface area contributed by atoms with Crippen molar-refractivity contribution in [2.24, 2.45) is 5.10 Å². The third kappa shape index (κ3) is 8.47. The largest absolute Gasteiger partial charge is 0.361 e. The molecule has 0 amide bonds. The van der Waals surface area contributed by atoms with E-state index in [9.17, 15) is 5.11 Å². The van der Waals surface area contributed by atoms with Gasteiger partial charge in [0.15, 0.2) is 6.35 Å². The van der Waals surface area contributed by atoms with Crippen LogP contribution < -0.4 is 10.7 Å². The molecule has 3 N–H and O–H groups in total. The molecular weight excluding hydrogens is 216 g/mol. The lowest BCUT2D eigenvalue weighted by Crippen LogP contribution is -2.45. The lowest BCUT2D eigenvalue weighted by Gasteiger charge is -2.24. The van der Waals surface area contributed by atoms with Crippen molar-refractivity contribution in [1.29, 1.82) is 0 Å². The van der Waals surface area contributed by atoms with Crippen molar-refractivity contribution in [2.75, 3.05) is 6.54 Å². The van der Waals surface area contributed by atoms with Gasteiger partial charge in [0.05, 0.1) is 0 Å². The Morgan fingerprint density at radius 1 is 1.47 bits per heavy atom. The van der Waals surface area contributed by atoms with E-state index in [4.69, 9.17) is 0 Å². The number of allylic oxidation sites excluding steroid dienone is 2. The third-order valence-corrected chi connectivity index (χ3v) is 1.80. The molecule has 0 saturated heterocycles. The molecule has 0 aliphatic rings. The molecule has 17 heavy (non-hydrogen) atoms. The Balaban J connectivity index is 4.35. The minimum atomic E-state index is -0.807. The molecule has 0 aliphatic carbocycles. The fourth-order valence-corrected chi connectivity index (χ4v) is 1.01. The number of aliphatic hydroxyl groups is 1. The van der Waals surface area contributed by atoms with E-state index in [0.717, 1.165) is 13.0 Å². The highest BCUT2D eigenvalue weighted by Crippen LogP contribution is 1.94. The maximum Gasteiger partial charge on any atom is 0.188 e. The smallest absolute Gasteiger partial charge is 0.188 e. The van der Waals surface area contributed by atoms with E-state index in [2.05, 4.69) is 29.3 Å². The fourth-order valence-electron chi connectivity index (χ4n) is 1.01.